The number of nitrogens with two attached hydrogens (primary N) is 1. The zero-order chi connectivity index (χ0) is 18.9. The van der Waals surface area contributed by atoms with E-state index in [2.05, 4.69) is 38.8 Å². The van der Waals surface area contributed by atoms with Crippen molar-refractivity contribution < 1.29 is 4.74 Å². The fourth-order valence-corrected chi connectivity index (χ4v) is 3.68. The van der Waals surface area contributed by atoms with E-state index in [-0.39, 0.29) is 0 Å². The first kappa shape index (κ1) is 19.5. The molecular weight excluding hydrogens is 358 g/mol. The van der Waals surface area contributed by atoms with E-state index in [4.69, 9.17) is 10.5 Å². The second kappa shape index (κ2) is 10.2. The number of hydrogen-bond donors (Lipinski definition) is 1. The molecule has 2 heterocycles. The van der Waals surface area contributed by atoms with E-state index >= 15 is 0 Å². The summed E-state index contributed by atoms with van der Waals surface area (Å²) in [7, 11) is 0. The highest BCUT2D eigenvalue weighted by Gasteiger charge is 2.19. The number of piperazine rings is 1. The second-order valence-corrected chi connectivity index (χ2v) is 7.50. The van der Waals surface area contributed by atoms with Gasteiger partial charge < -0.3 is 20.3 Å². The molecule has 3 rings (SSSR count). The summed E-state index contributed by atoms with van der Waals surface area (Å²) >= 11 is 1.68. The molecule has 0 aliphatic carbocycles. The van der Waals surface area contributed by atoms with Crippen LogP contribution >= 0.6 is 11.3 Å². The van der Waals surface area contributed by atoms with Crippen molar-refractivity contribution in [2.45, 2.75) is 26.2 Å². The third kappa shape index (κ3) is 5.85. The average Bonchev–Trinajstić information content (AvgIpc) is 3.24. The molecule has 1 fully saturated rings. The van der Waals surface area contributed by atoms with Crippen molar-refractivity contribution in [3.05, 3.63) is 41.4 Å². The maximum Gasteiger partial charge on any atom is 0.191 e. The zero-order valence-electron chi connectivity index (χ0n) is 16.0. The number of nitrogens with zero attached hydrogens (tertiary/aromatic N) is 4. The minimum atomic E-state index is 0.647. The van der Waals surface area contributed by atoms with Crippen molar-refractivity contribution in [2.24, 2.45) is 10.7 Å². The van der Waals surface area contributed by atoms with Crippen LogP contribution in [0.15, 0.2) is 40.8 Å². The fourth-order valence-electron chi connectivity index (χ4n) is 2.99. The molecule has 1 saturated heterocycles. The topological polar surface area (TPSA) is 67.0 Å². The number of aromatic nitrogens is 1. The Labute approximate surface area is 165 Å². The number of hydrogen-bond acceptors (Lipinski definition) is 5. The van der Waals surface area contributed by atoms with Crippen LogP contribution in [0.3, 0.4) is 0 Å². The van der Waals surface area contributed by atoms with Crippen LogP contribution in [0.1, 0.15) is 25.3 Å². The van der Waals surface area contributed by atoms with Crippen LogP contribution in [-0.2, 0) is 6.42 Å². The first-order valence-corrected chi connectivity index (χ1v) is 10.6. The maximum atomic E-state index is 6.19. The van der Waals surface area contributed by atoms with Crippen LogP contribution in [0.2, 0.25) is 0 Å². The number of guanidine groups is 1. The summed E-state index contributed by atoms with van der Waals surface area (Å²) in [5.41, 5.74) is 7.45. The van der Waals surface area contributed by atoms with E-state index < -0.39 is 0 Å². The lowest BCUT2D eigenvalue weighted by molar-refractivity contribution is 0.309. The molecule has 0 saturated carbocycles. The maximum absolute atomic E-state index is 6.19. The molecule has 7 heteroatoms. The monoisotopic (exact) mass is 387 g/mol. The molecule has 6 nitrogen and oxygen atoms in total. The van der Waals surface area contributed by atoms with Gasteiger partial charge in [0.25, 0.3) is 0 Å². The van der Waals surface area contributed by atoms with Gasteiger partial charge in [-0.05, 0) is 30.5 Å². The summed E-state index contributed by atoms with van der Waals surface area (Å²) in [6.45, 7) is 7.30. The molecule has 0 atom stereocenters. The number of anilines is 1. The van der Waals surface area contributed by atoms with Gasteiger partial charge in [-0.25, -0.2) is 4.98 Å². The van der Waals surface area contributed by atoms with Gasteiger partial charge in [-0.1, -0.05) is 25.5 Å². The van der Waals surface area contributed by atoms with Gasteiger partial charge in [-0.3, -0.25) is 4.99 Å². The number of ether oxygens (including phenoxy) is 1. The number of aliphatic imine (C=N–C) groups is 1. The molecule has 0 amide bonds. The molecule has 0 spiro atoms. The Morgan fingerprint density at radius 1 is 1.22 bits per heavy atom. The quantitative estimate of drug-likeness (QED) is 0.428. The molecule has 0 unspecified atom stereocenters. The van der Waals surface area contributed by atoms with E-state index in [0.717, 1.165) is 62.9 Å². The Kier molecular flexibility index (Phi) is 7.33. The SMILES string of the molecule is CCCCOc1ccc(CCN=C(N)N2CCN(c3nccs3)CC2)cc1. The summed E-state index contributed by atoms with van der Waals surface area (Å²) < 4.78 is 5.70. The van der Waals surface area contributed by atoms with Crippen LogP contribution in [0, 0.1) is 0 Å². The Morgan fingerprint density at radius 3 is 2.67 bits per heavy atom. The minimum absolute atomic E-state index is 0.647. The van der Waals surface area contributed by atoms with Crippen molar-refractivity contribution in [1.29, 1.82) is 0 Å². The summed E-state index contributed by atoms with van der Waals surface area (Å²) in [5.74, 6) is 1.58. The predicted octanol–water partition coefficient (Wildman–Crippen LogP) is 3.00. The van der Waals surface area contributed by atoms with Gasteiger partial charge in [-0.15, -0.1) is 11.3 Å². The van der Waals surface area contributed by atoms with Crippen LogP contribution in [0.4, 0.5) is 5.13 Å². The van der Waals surface area contributed by atoms with Gasteiger partial charge in [-0.2, -0.15) is 0 Å². The Balaban J connectivity index is 1.40. The van der Waals surface area contributed by atoms with Gasteiger partial charge >= 0.3 is 0 Å². The van der Waals surface area contributed by atoms with E-state index in [0.29, 0.717) is 12.5 Å². The first-order chi connectivity index (χ1) is 13.3. The first-order valence-electron chi connectivity index (χ1n) is 9.67. The summed E-state index contributed by atoms with van der Waals surface area (Å²) in [6.07, 6.45) is 4.98. The van der Waals surface area contributed by atoms with Gasteiger partial charge in [0.15, 0.2) is 11.1 Å². The molecule has 1 aromatic carbocycles. The highest BCUT2D eigenvalue weighted by Crippen LogP contribution is 2.18. The minimum Gasteiger partial charge on any atom is -0.494 e. The molecule has 0 radical (unpaired) electrons. The van der Waals surface area contributed by atoms with Gasteiger partial charge in [0.1, 0.15) is 5.75 Å². The molecule has 1 aromatic heterocycles. The van der Waals surface area contributed by atoms with Crippen LogP contribution < -0.4 is 15.4 Å². The van der Waals surface area contributed by atoms with E-state index in [9.17, 15) is 0 Å². The van der Waals surface area contributed by atoms with Crippen molar-refractivity contribution in [3.63, 3.8) is 0 Å². The van der Waals surface area contributed by atoms with Crippen molar-refractivity contribution in [3.8, 4) is 5.75 Å². The zero-order valence-corrected chi connectivity index (χ0v) is 16.8. The standard InChI is InChI=1S/C20H29N5OS/c1-2-3-15-26-18-6-4-17(5-7-18)8-9-22-19(21)24-11-13-25(14-12-24)20-23-10-16-27-20/h4-7,10,16H,2-3,8-9,11-15H2,1H3,(H2,21,22). The second-order valence-electron chi connectivity index (χ2n) is 6.62. The fraction of sp³-hybridized carbons (Fsp3) is 0.500. The molecule has 146 valence electrons. The molecule has 27 heavy (non-hydrogen) atoms. The summed E-state index contributed by atoms with van der Waals surface area (Å²) in [4.78, 5) is 13.4. The lowest BCUT2D eigenvalue weighted by Gasteiger charge is -2.35. The lowest BCUT2D eigenvalue weighted by atomic mass is 10.1. The van der Waals surface area contributed by atoms with Crippen LogP contribution in [-0.4, -0.2) is 55.2 Å². The van der Waals surface area contributed by atoms with Gasteiger partial charge in [0.05, 0.1) is 6.61 Å². The van der Waals surface area contributed by atoms with E-state index in [1.54, 1.807) is 11.3 Å². The Morgan fingerprint density at radius 2 is 2.00 bits per heavy atom. The molecule has 0 bridgehead atoms. The summed E-state index contributed by atoms with van der Waals surface area (Å²) in [5, 5.41) is 3.11. The van der Waals surface area contributed by atoms with Crippen molar-refractivity contribution in [2.75, 3.05) is 44.2 Å². The molecule has 1 aliphatic heterocycles. The molecule has 2 aromatic rings. The normalized spacial score (nSPS) is 15.2. The highest BCUT2D eigenvalue weighted by atomic mass is 32.1. The number of thiazole rings is 1. The number of unbranched alkanes of at least 4 members (excludes halogenated alkanes) is 1. The number of benzene rings is 1. The van der Waals surface area contributed by atoms with Crippen molar-refractivity contribution >= 4 is 22.4 Å². The lowest BCUT2D eigenvalue weighted by Crippen LogP contribution is -2.51. The van der Waals surface area contributed by atoms with Crippen molar-refractivity contribution in [1.82, 2.24) is 9.88 Å². The number of rotatable bonds is 8. The predicted molar refractivity (Wildman–Crippen MR) is 113 cm³/mol. The molecule has 1 aliphatic rings. The third-order valence-electron chi connectivity index (χ3n) is 4.66. The Bertz CT molecular complexity index is 694. The van der Waals surface area contributed by atoms with E-state index in [1.807, 2.05) is 23.7 Å². The third-order valence-corrected chi connectivity index (χ3v) is 5.49. The highest BCUT2D eigenvalue weighted by molar-refractivity contribution is 7.13. The van der Waals surface area contributed by atoms with Gasteiger partial charge in [0.2, 0.25) is 0 Å². The van der Waals surface area contributed by atoms with Gasteiger partial charge in [0, 0.05) is 44.3 Å². The summed E-state index contributed by atoms with van der Waals surface area (Å²) in [6, 6.07) is 8.30. The average molecular weight is 388 g/mol. The van der Waals surface area contributed by atoms with Crippen LogP contribution in [0.25, 0.3) is 0 Å². The largest absolute Gasteiger partial charge is 0.494 e. The van der Waals surface area contributed by atoms with Crippen LogP contribution in [0.5, 0.6) is 5.75 Å². The Hall–Kier alpha value is -2.28. The molecular formula is C20H29N5OS. The van der Waals surface area contributed by atoms with E-state index in [1.165, 1.54) is 5.56 Å². The molecule has 2 N–H and O–H groups in total. The smallest absolute Gasteiger partial charge is 0.191 e.